The molecular weight excluding hydrogens is 358 g/mol. The molecule has 0 N–H and O–H groups in total. The SMILES string of the molecule is O=C1C[C@H](c2cccc3ccccc23)C2c3ccccc3Oc3ccccc3N12. The molecule has 2 aliphatic rings. The maximum atomic E-state index is 13.3. The smallest absolute Gasteiger partial charge is 0.228 e. The molecule has 4 aromatic carbocycles. The molecule has 3 heteroatoms. The van der Waals surface area contributed by atoms with Crippen molar-refractivity contribution in [3.05, 3.63) is 102 Å². The van der Waals surface area contributed by atoms with Crippen LogP contribution in [0.25, 0.3) is 10.8 Å². The van der Waals surface area contributed by atoms with E-state index < -0.39 is 0 Å². The molecule has 0 radical (unpaired) electrons. The second kappa shape index (κ2) is 6.21. The van der Waals surface area contributed by atoms with Gasteiger partial charge >= 0.3 is 0 Å². The van der Waals surface area contributed by atoms with Crippen molar-refractivity contribution in [2.24, 2.45) is 0 Å². The zero-order chi connectivity index (χ0) is 19.4. The fourth-order valence-electron chi connectivity index (χ4n) is 4.91. The van der Waals surface area contributed by atoms with Gasteiger partial charge in [0, 0.05) is 17.9 Å². The van der Waals surface area contributed by atoms with Gasteiger partial charge in [0.05, 0.1) is 11.7 Å². The molecule has 2 aliphatic heterocycles. The summed E-state index contributed by atoms with van der Waals surface area (Å²) < 4.78 is 6.26. The monoisotopic (exact) mass is 377 g/mol. The van der Waals surface area contributed by atoms with Crippen LogP contribution >= 0.6 is 0 Å². The van der Waals surface area contributed by atoms with Crippen LogP contribution in [0.3, 0.4) is 0 Å². The molecule has 4 aromatic rings. The predicted molar refractivity (Wildman–Crippen MR) is 114 cm³/mol. The molecule has 2 atom stereocenters. The highest BCUT2D eigenvalue weighted by Gasteiger charge is 2.46. The van der Waals surface area contributed by atoms with Crippen molar-refractivity contribution >= 4 is 22.4 Å². The Balaban J connectivity index is 1.62. The summed E-state index contributed by atoms with van der Waals surface area (Å²) in [5, 5.41) is 2.42. The Morgan fingerprint density at radius 2 is 1.41 bits per heavy atom. The van der Waals surface area contributed by atoms with Gasteiger partial charge in [-0.15, -0.1) is 0 Å². The summed E-state index contributed by atoms with van der Waals surface area (Å²) in [5.74, 6) is 1.76. The molecule has 1 unspecified atom stereocenters. The fraction of sp³-hybridized carbons (Fsp3) is 0.115. The van der Waals surface area contributed by atoms with Crippen LogP contribution < -0.4 is 9.64 Å². The molecule has 0 aromatic heterocycles. The lowest BCUT2D eigenvalue weighted by Gasteiger charge is -2.28. The van der Waals surface area contributed by atoms with Gasteiger partial charge < -0.3 is 9.64 Å². The molecule has 1 saturated heterocycles. The summed E-state index contributed by atoms with van der Waals surface area (Å²) >= 11 is 0. The summed E-state index contributed by atoms with van der Waals surface area (Å²) in [5.41, 5.74) is 3.13. The second-order valence-corrected chi connectivity index (χ2v) is 7.70. The molecular formula is C26H19NO2. The van der Waals surface area contributed by atoms with Crippen molar-refractivity contribution in [1.82, 2.24) is 0 Å². The largest absolute Gasteiger partial charge is 0.455 e. The summed E-state index contributed by atoms with van der Waals surface area (Å²) in [7, 11) is 0. The minimum atomic E-state index is -0.0897. The number of nitrogens with zero attached hydrogens (tertiary/aromatic N) is 1. The van der Waals surface area contributed by atoms with E-state index in [1.807, 2.05) is 47.4 Å². The average Bonchev–Trinajstić information content (AvgIpc) is 3.02. The van der Waals surface area contributed by atoms with E-state index in [0.29, 0.717) is 6.42 Å². The Morgan fingerprint density at radius 3 is 2.34 bits per heavy atom. The van der Waals surface area contributed by atoms with Crippen LogP contribution in [-0.4, -0.2) is 5.91 Å². The lowest BCUT2D eigenvalue weighted by Crippen LogP contribution is -2.27. The van der Waals surface area contributed by atoms with E-state index in [2.05, 4.69) is 48.5 Å². The summed E-state index contributed by atoms with van der Waals surface area (Å²) in [6.07, 6.45) is 0.487. The number of anilines is 1. The van der Waals surface area contributed by atoms with Crippen LogP contribution in [0.2, 0.25) is 0 Å². The Hall–Kier alpha value is -3.59. The van der Waals surface area contributed by atoms with Gasteiger partial charge in [-0.2, -0.15) is 0 Å². The zero-order valence-electron chi connectivity index (χ0n) is 15.8. The van der Waals surface area contributed by atoms with Gasteiger partial charge in [-0.3, -0.25) is 4.79 Å². The van der Waals surface area contributed by atoms with Crippen LogP contribution in [0.5, 0.6) is 11.5 Å². The van der Waals surface area contributed by atoms with Crippen LogP contribution in [0.15, 0.2) is 91.0 Å². The minimum Gasteiger partial charge on any atom is -0.455 e. The maximum Gasteiger partial charge on any atom is 0.228 e. The number of benzene rings is 4. The van der Waals surface area contributed by atoms with Crippen LogP contribution in [0, 0.1) is 0 Å². The first kappa shape index (κ1) is 16.4. The number of carbonyl (C=O) groups excluding carboxylic acids is 1. The van der Waals surface area contributed by atoms with Gasteiger partial charge in [-0.1, -0.05) is 72.8 Å². The van der Waals surface area contributed by atoms with E-state index in [9.17, 15) is 4.79 Å². The summed E-state index contributed by atoms with van der Waals surface area (Å²) in [6.45, 7) is 0. The number of hydrogen-bond donors (Lipinski definition) is 0. The topological polar surface area (TPSA) is 29.5 Å². The molecule has 1 amide bonds. The molecule has 0 bridgehead atoms. The normalized spacial score (nSPS) is 19.9. The number of carbonyl (C=O) groups is 1. The number of fused-ring (bicyclic) bond motifs is 6. The van der Waals surface area contributed by atoms with Crippen LogP contribution in [-0.2, 0) is 4.79 Å². The van der Waals surface area contributed by atoms with Gasteiger partial charge in [-0.25, -0.2) is 0 Å². The highest BCUT2D eigenvalue weighted by atomic mass is 16.5. The molecule has 1 fully saturated rings. The van der Waals surface area contributed by atoms with Crippen molar-refractivity contribution in [3.63, 3.8) is 0 Å². The Labute approximate surface area is 169 Å². The summed E-state index contributed by atoms with van der Waals surface area (Å²) in [6, 6.07) is 30.7. The Kier molecular flexibility index (Phi) is 3.51. The van der Waals surface area contributed by atoms with Crippen molar-refractivity contribution in [3.8, 4) is 11.5 Å². The minimum absolute atomic E-state index is 0.0597. The highest BCUT2D eigenvalue weighted by Crippen LogP contribution is 2.54. The highest BCUT2D eigenvalue weighted by molar-refractivity contribution is 6.00. The first-order chi connectivity index (χ1) is 14.3. The zero-order valence-corrected chi connectivity index (χ0v) is 15.8. The summed E-state index contributed by atoms with van der Waals surface area (Å²) in [4.78, 5) is 15.3. The molecule has 3 nitrogen and oxygen atoms in total. The number of rotatable bonds is 1. The van der Waals surface area contributed by atoms with Crippen molar-refractivity contribution in [2.45, 2.75) is 18.4 Å². The van der Waals surface area contributed by atoms with Crippen LogP contribution in [0.4, 0.5) is 5.69 Å². The average molecular weight is 377 g/mol. The van der Waals surface area contributed by atoms with Gasteiger partial charge in [0.15, 0.2) is 5.75 Å². The second-order valence-electron chi connectivity index (χ2n) is 7.70. The van der Waals surface area contributed by atoms with Crippen molar-refractivity contribution in [1.29, 1.82) is 0 Å². The van der Waals surface area contributed by atoms with E-state index in [-0.39, 0.29) is 17.9 Å². The molecule has 140 valence electrons. The van der Waals surface area contributed by atoms with Gasteiger partial charge in [0.2, 0.25) is 5.91 Å². The molecule has 2 heterocycles. The molecule has 29 heavy (non-hydrogen) atoms. The van der Waals surface area contributed by atoms with E-state index in [1.54, 1.807) is 0 Å². The molecule has 0 saturated carbocycles. The molecule has 0 spiro atoms. The number of amides is 1. The van der Waals surface area contributed by atoms with Crippen LogP contribution in [0.1, 0.15) is 29.5 Å². The number of ether oxygens (including phenoxy) is 1. The number of hydrogen-bond acceptors (Lipinski definition) is 2. The first-order valence-corrected chi connectivity index (χ1v) is 9.97. The van der Waals surface area contributed by atoms with E-state index in [1.165, 1.54) is 16.3 Å². The fourth-order valence-corrected chi connectivity index (χ4v) is 4.91. The number of para-hydroxylation sites is 3. The predicted octanol–water partition coefficient (Wildman–Crippen LogP) is 6.21. The van der Waals surface area contributed by atoms with Gasteiger partial charge in [0.25, 0.3) is 0 Å². The molecule has 0 aliphatic carbocycles. The Morgan fingerprint density at radius 1 is 0.724 bits per heavy atom. The van der Waals surface area contributed by atoms with E-state index >= 15 is 0 Å². The third-order valence-electron chi connectivity index (χ3n) is 6.13. The van der Waals surface area contributed by atoms with E-state index in [4.69, 9.17) is 4.74 Å². The first-order valence-electron chi connectivity index (χ1n) is 9.97. The van der Waals surface area contributed by atoms with Crippen molar-refractivity contribution < 1.29 is 9.53 Å². The van der Waals surface area contributed by atoms with Gasteiger partial charge in [-0.05, 0) is 34.5 Å². The van der Waals surface area contributed by atoms with Crippen molar-refractivity contribution in [2.75, 3.05) is 4.90 Å². The maximum absolute atomic E-state index is 13.3. The lowest BCUT2D eigenvalue weighted by atomic mass is 9.84. The lowest BCUT2D eigenvalue weighted by molar-refractivity contribution is -0.117. The van der Waals surface area contributed by atoms with E-state index in [0.717, 1.165) is 22.7 Å². The molecule has 6 rings (SSSR count). The van der Waals surface area contributed by atoms with Gasteiger partial charge in [0.1, 0.15) is 5.75 Å². The quantitative estimate of drug-likeness (QED) is 0.395. The standard InChI is InChI=1S/C26H19NO2/c28-25-16-21(19-12-7-9-17-8-1-2-10-18(17)19)26-20-11-3-5-14-23(20)29-24-15-6-4-13-22(24)27(25)26/h1-15,21,26H,16H2/t21-,26?/m1/s1. The Bertz CT molecular complexity index is 1260. The third kappa shape index (κ3) is 2.40. The third-order valence-corrected chi connectivity index (χ3v) is 6.13.